The summed E-state index contributed by atoms with van der Waals surface area (Å²) in [4.78, 5) is 14.8. The van der Waals surface area contributed by atoms with Crippen LogP contribution in [0.1, 0.15) is 22.5 Å². The van der Waals surface area contributed by atoms with Crippen LogP contribution in [0.3, 0.4) is 0 Å². The van der Waals surface area contributed by atoms with Crippen molar-refractivity contribution in [2.75, 3.05) is 19.0 Å². The van der Waals surface area contributed by atoms with Gasteiger partial charge < -0.3 is 19.7 Å². The van der Waals surface area contributed by atoms with E-state index in [4.69, 9.17) is 9.47 Å². The predicted molar refractivity (Wildman–Crippen MR) is 115 cm³/mol. The van der Waals surface area contributed by atoms with Gasteiger partial charge in [0.15, 0.2) is 0 Å². The second-order valence-corrected chi connectivity index (χ2v) is 7.40. The number of anilines is 1. The Bertz CT molecular complexity index is 1050. The Hall–Kier alpha value is -3.48. The van der Waals surface area contributed by atoms with Gasteiger partial charge in [0.1, 0.15) is 23.8 Å². The van der Waals surface area contributed by atoms with Crippen LogP contribution in [0.4, 0.5) is 10.5 Å². The number of amides is 2. The predicted octanol–water partition coefficient (Wildman–Crippen LogP) is 3.91. The van der Waals surface area contributed by atoms with Crippen molar-refractivity contribution >= 4 is 11.7 Å². The van der Waals surface area contributed by atoms with Crippen molar-refractivity contribution in [3.05, 3.63) is 71.0 Å². The van der Waals surface area contributed by atoms with E-state index in [1.54, 1.807) is 12.0 Å². The molecule has 156 valence electrons. The minimum Gasteiger partial charge on any atom is -0.495 e. The topological polar surface area (TPSA) is 68.6 Å². The summed E-state index contributed by atoms with van der Waals surface area (Å²) >= 11 is 0. The molecule has 1 aromatic heterocycles. The van der Waals surface area contributed by atoms with E-state index in [-0.39, 0.29) is 6.03 Å². The number of aryl methyl sites for hydroxylation is 2. The van der Waals surface area contributed by atoms with E-state index in [1.807, 2.05) is 67.2 Å². The first kappa shape index (κ1) is 19.8. The Balaban J connectivity index is 1.49. The number of hydrogen-bond donors (Lipinski definition) is 1. The summed E-state index contributed by atoms with van der Waals surface area (Å²) in [5.74, 6) is 1.44. The Morgan fingerprint density at radius 2 is 2.00 bits per heavy atom. The van der Waals surface area contributed by atoms with Gasteiger partial charge in [-0.05, 0) is 36.8 Å². The number of aromatic nitrogens is 2. The molecule has 0 aliphatic carbocycles. The van der Waals surface area contributed by atoms with E-state index in [0.29, 0.717) is 31.1 Å². The molecule has 7 heteroatoms. The van der Waals surface area contributed by atoms with Gasteiger partial charge in [-0.1, -0.05) is 24.3 Å². The Morgan fingerprint density at radius 3 is 2.77 bits per heavy atom. The number of benzene rings is 2. The van der Waals surface area contributed by atoms with Crippen LogP contribution >= 0.6 is 0 Å². The summed E-state index contributed by atoms with van der Waals surface area (Å²) in [5.41, 5.74) is 4.80. The van der Waals surface area contributed by atoms with E-state index in [0.717, 1.165) is 34.7 Å². The lowest BCUT2D eigenvalue weighted by molar-refractivity contribution is 0.205. The van der Waals surface area contributed by atoms with Gasteiger partial charge in [0.25, 0.3) is 0 Å². The number of urea groups is 1. The number of para-hydroxylation sites is 1. The largest absolute Gasteiger partial charge is 0.495 e. The van der Waals surface area contributed by atoms with Crippen molar-refractivity contribution < 1.29 is 14.3 Å². The van der Waals surface area contributed by atoms with Crippen molar-refractivity contribution in [1.29, 1.82) is 0 Å². The molecule has 0 saturated heterocycles. The van der Waals surface area contributed by atoms with Gasteiger partial charge in [-0.3, -0.25) is 4.68 Å². The maximum Gasteiger partial charge on any atom is 0.322 e. The molecule has 1 aliphatic rings. The molecule has 2 amide bonds. The SMILES string of the molecule is COc1ccc(C)cc1NC(=O)N1CCc2c(c(COc3ccccc3)nn2C)C1. The van der Waals surface area contributed by atoms with Gasteiger partial charge in [-0.25, -0.2) is 4.79 Å². The van der Waals surface area contributed by atoms with Crippen molar-refractivity contribution in [2.24, 2.45) is 7.05 Å². The van der Waals surface area contributed by atoms with Crippen LogP contribution in [0.15, 0.2) is 48.5 Å². The molecular formula is C23H26N4O3. The van der Waals surface area contributed by atoms with Gasteiger partial charge in [0, 0.05) is 31.3 Å². The highest BCUT2D eigenvalue weighted by molar-refractivity contribution is 5.91. The number of carbonyl (C=O) groups excluding carboxylic acids is 1. The van der Waals surface area contributed by atoms with Gasteiger partial charge in [0.2, 0.25) is 0 Å². The summed E-state index contributed by atoms with van der Waals surface area (Å²) in [7, 11) is 3.54. The number of nitrogens with zero attached hydrogens (tertiary/aromatic N) is 3. The summed E-state index contributed by atoms with van der Waals surface area (Å²) in [6, 6.07) is 15.3. The fraction of sp³-hybridized carbons (Fsp3) is 0.304. The maximum atomic E-state index is 13.0. The molecule has 30 heavy (non-hydrogen) atoms. The molecule has 1 aliphatic heterocycles. The first-order chi connectivity index (χ1) is 14.5. The molecule has 0 saturated carbocycles. The summed E-state index contributed by atoms with van der Waals surface area (Å²) in [6.45, 7) is 3.48. The molecule has 2 heterocycles. The minimum absolute atomic E-state index is 0.150. The van der Waals surface area contributed by atoms with E-state index in [2.05, 4.69) is 10.4 Å². The molecule has 2 aromatic carbocycles. The number of ether oxygens (including phenoxy) is 2. The standard InChI is InChI=1S/C23H26N4O3/c1-16-9-10-22(29-3)19(13-16)24-23(28)27-12-11-21-18(14-27)20(25-26(21)2)15-30-17-7-5-4-6-8-17/h4-10,13H,11-12,14-15H2,1-3H3,(H,24,28). The molecule has 0 bridgehead atoms. The quantitative estimate of drug-likeness (QED) is 0.698. The molecule has 0 atom stereocenters. The highest BCUT2D eigenvalue weighted by atomic mass is 16.5. The number of methoxy groups -OCH3 is 1. The molecular weight excluding hydrogens is 380 g/mol. The lowest BCUT2D eigenvalue weighted by atomic mass is 10.1. The highest BCUT2D eigenvalue weighted by Crippen LogP contribution is 2.27. The van der Waals surface area contributed by atoms with E-state index in [9.17, 15) is 4.79 Å². The van der Waals surface area contributed by atoms with Gasteiger partial charge in [0.05, 0.1) is 19.3 Å². The average Bonchev–Trinajstić information content (AvgIpc) is 3.08. The van der Waals surface area contributed by atoms with Crippen molar-refractivity contribution in [3.63, 3.8) is 0 Å². The number of nitrogens with one attached hydrogen (secondary N) is 1. The van der Waals surface area contributed by atoms with Crippen LogP contribution in [0.2, 0.25) is 0 Å². The van der Waals surface area contributed by atoms with E-state index < -0.39 is 0 Å². The molecule has 0 unspecified atom stereocenters. The van der Waals surface area contributed by atoms with Crippen LogP contribution in [-0.4, -0.2) is 34.4 Å². The first-order valence-corrected chi connectivity index (χ1v) is 9.97. The smallest absolute Gasteiger partial charge is 0.322 e. The third kappa shape index (κ3) is 4.10. The third-order valence-electron chi connectivity index (χ3n) is 5.33. The number of rotatable bonds is 5. The van der Waals surface area contributed by atoms with Gasteiger partial charge in [-0.2, -0.15) is 5.10 Å². The zero-order valence-electron chi connectivity index (χ0n) is 17.5. The Labute approximate surface area is 176 Å². The second-order valence-electron chi connectivity index (χ2n) is 7.40. The van der Waals surface area contributed by atoms with E-state index in [1.165, 1.54) is 0 Å². The number of fused-ring (bicyclic) bond motifs is 1. The summed E-state index contributed by atoms with van der Waals surface area (Å²) in [5, 5.41) is 7.63. The van der Waals surface area contributed by atoms with Crippen LogP contribution in [0, 0.1) is 6.92 Å². The second kappa shape index (κ2) is 8.49. The summed E-state index contributed by atoms with van der Waals surface area (Å²) in [6.07, 6.45) is 0.753. The molecule has 3 aromatic rings. The van der Waals surface area contributed by atoms with Gasteiger partial charge in [-0.15, -0.1) is 0 Å². The normalized spacial score (nSPS) is 13.0. The van der Waals surface area contributed by atoms with Crippen LogP contribution in [0.25, 0.3) is 0 Å². The molecule has 1 N–H and O–H groups in total. The third-order valence-corrected chi connectivity index (χ3v) is 5.33. The van der Waals surface area contributed by atoms with Crippen molar-refractivity contribution in [2.45, 2.75) is 26.5 Å². The van der Waals surface area contributed by atoms with E-state index >= 15 is 0 Å². The zero-order chi connectivity index (χ0) is 21.1. The molecule has 4 rings (SSSR count). The lowest BCUT2D eigenvalue weighted by Gasteiger charge is -2.28. The fourth-order valence-corrected chi connectivity index (χ4v) is 3.74. The first-order valence-electron chi connectivity index (χ1n) is 9.97. The summed E-state index contributed by atoms with van der Waals surface area (Å²) < 4.78 is 13.2. The zero-order valence-corrected chi connectivity index (χ0v) is 17.5. The van der Waals surface area contributed by atoms with Crippen LogP contribution in [0.5, 0.6) is 11.5 Å². The lowest BCUT2D eigenvalue weighted by Crippen LogP contribution is -2.39. The Kier molecular flexibility index (Phi) is 5.61. The van der Waals surface area contributed by atoms with Crippen LogP contribution < -0.4 is 14.8 Å². The molecule has 7 nitrogen and oxygen atoms in total. The average molecular weight is 406 g/mol. The number of carbonyl (C=O) groups is 1. The highest BCUT2D eigenvalue weighted by Gasteiger charge is 2.27. The van der Waals surface area contributed by atoms with Crippen LogP contribution in [-0.2, 0) is 26.6 Å². The number of hydrogen-bond acceptors (Lipinski definition) is 4. The fourth-order valence-electron chi connectivity index (χ4n) is 3.74. The Morgan fingerprint density at radius 1 is 1.20 bits per heavy atom. The minimum atomic E-state index is -0.150. The molecule has 0 radical (unpaired) electrons. The van der Waals surface area contributed by atoms with Gasteiger partial charge >= 0.3 is 6.03 Å². The van der Waals surface area contributed by atoms with Crippen molar-refractivity contribution in [1.82, 2.24) is 14.7 Å². The monoisotopic (exact) mass is 406 g/mol. The van der Waals surface area contributed by atoms with Crippen molar-refractivity contribution in [3.8, 4) is 11.5 Å². The molecule has 0 spiro atoms. The maximum absolute atomic E-state index is 13.0. The molecule has 0 fully saturated rings.